The van der Waals surface area contributed by atoms with Gasteiger partial charge in [0.05, 0.1) is 19.8 Å². The van der Waals surface area contributed by atoms with Gasteiger partial charge in [-0.15, -0.1) is 34.9 Å². The van der Waals surface area contributed by atoms with Gasteiger partial charge in [0.25, 0.3) is 5.91 Å². The molecule has 3 aromatic rings. The van der Waals surface area contributed by atoms with Crippen LogP contribution >= 0.6 is 34.9 Å². The van der Waals surface area contributed by atoms with Crippen LogP contribution in [-0.4, -0.2) is 28.9 Å². The number of nitrogens with zero attached hydrogens (tertiary/aromatic N) is 1. The number of para-hydroxylation sites is 1. The molecule has 1 fully saturated rings. The van der Waals surface area contributed by atoms with Crippen LogP contribution in [0.5, 0.6) is 0 Å². The Morgan fingerprint density at radius 2 is 1.84 bits per heavy atom. The lowest BCUT2D eigenvalue weighted by atomic mass is 10.1. The third kappa shape index (κ3) is 4.02. The van der Waals surface area contributed by atoms with Gasteiger partial charge in [0, 0.05) is 30.0 Å². The smallest absolute Gasteiger partial charge is 0.251 e. The van der Waals surface area contributed by atoms with Gasteiger partial charge in [-0.2, -0.15) is 0 Å². The first-order chi connectivity index (χ1) is 12.3. The van der Waals surface area contributed by atoms with Crippen molar-refractivity contribution in [2.45, 2.75) is 11.0 Å². The van der Waals surface area contributed by atoms with Gasteiger partial charge in [-0.05, 0) is 29.8 Å². The van der Waals surface area contributed by atoms with E-state index in [1.54, 1.807) is 11.3 Å². The second-order valence-electron chi connectivity index (χ2n) is 5.78. The molecule has 1 N–H and O–H groups in total. The minimum atomic E-state index is -0.0145. The van der Waals surface area contributed by atoms with Gasteiger partial charge in [0.2, 0.25) is 0 Å². The fourth-order valence-corrected chi connectivity index (χ4v) is 6.58. The highest BCUT2D eigenvalue weighted by atomic mass is 32.2. The number of carbonyl (C=O) groups excluding carboxylic acids is 1. The van der Waals surface area contributed by atoms with E-state index in [-0.39, 0.29) is 5.91 Å². The molecule has 2 heterocycles. The zero-order chi connectivity index (χ0) is 17.1. The van der Waals surface area contributed by atoms with Gasteiger partial charge >= 0.3 is 0 Å². The van der Waals surface area contributed by atoms with E-state index in [9.17, 15) is 4.79 Å². The Kier molecular flexibility index (Phi) is 5.29. The molecule has 1 aliphatic rings. The second-order valence-corrected chi connectivity index (χ2v) is 9.62. The van der Waals surface area contributed by atoms with Crippen LogP contribution in [0.1, 0.15) is 25.5 Å². The average molecular weight is 387 g/mol. The minimum Gasteiger partial charge on any atom is -0.352 e. The second kappa shape index (κ2) is 7.81. The van der Waals surface area contributed by atoms with Crippen molar-refractivity contribution in [3.63, 3.8) is 0 Å². The SMILES string of the molecule is O=C(NCCc1nc2ccccc2s1)c1ccc(C2SCCS2)cc1. The molecule has 128 valence electrons. The van der Waals surface area contributed by atoms with Crippen molar-refractivity contribution in [3.05, 3.63) is 64.7 Å². The van der Waals surface area contributed by atoms with Crippen molar-refractivity contribution in [3.8, 4) is 0 Å². The largest absolute Gasteiger partial charge is 0.352 e. The summed E-state index contributed by atoms with van der Waals surface area (Å²) in [5.41, 5.74) is 3.06. The minimum absolute atomic E-state index is 0.0145. The summed E-state index contributed by atoms with van der Waals surface area (Å²) >= 11 is 5.65. The highest BCUT2D eigenvalue weighted by Crippen LogP contribution is 2.45. The molecule has 0 bridgehead atoms. The number of fused-ring (bicyclic) bond motifs is 1. The Balaban J connectivity index is 1.32. The van der Waals surface area contributed by atoms with Crippen molar-refractivity contribution in [1.29, 1.82) is 0 Å². The Labute approximate surface area is 159 Å². The lowest BCUT2D eigenvalue weighted by Crippen LogP contribution is -2.25. The standard InChI is InChI=1S/C19H18N2OS3/c22-18(13-5-7-14(8-6-13)19-23-11-12-24-19)20-10-9-17-21-15-3-1-2-4-16(15)25-17/h1-8,19H,9-12H2,(H,20,22). The van der Waals surface area contributed by atoms with Crippen molar-refractivity contribution >= 4 is 51.0 Å². The van der Waals surface area contributed by atoms with Crippen LogP contribution in [0.15, 0.2) is 48.5 Å². The first-order valence-corrected chi connectivity index (χ1v) is 11.2. The highest BCUT2D eigenvalue weighted by molar-refractivity contribution is 8.19. The molecular formula is C19H18N2OS3. The molecule has 0 saturated carbocycles. The number of nitrogens with one attached hydrogen (secondary N) is 1. The summed E-state index contributed by atoms with van der Waals surface area (Å²) < 4.78 is 1.72. The molecule has 0 spiro atoms. The molecule has 1 aromatic heterocycles. The first-order valence-electron chi connectivity index (χ1n) is 8.25. The zero-order valence-corrected chi connectivity index (χ0v) is 16.1. The molecule has 1 amide bonds. The number of carbonyl (C=O) groups is 1. The van der Waals surface area contributed by atoms with Crippen LogP contribution in [0.3, 0.4) is 0 Å². The maximum Gasteiger partial charge on any atom is 0.251 e. The predicted octanol–water partition coefficient (Wildman–Crippen LogP) is 4.75. The maximum absolute atomic E-state index is 12.3. The van der Waals surface area contributed by atoms with E-state index in [2.05, 4.69) is 28.5 Å². The van der Waals surface area contributed by atoms with Crippen LogP contribution in [-0.2, 0) is 6.42 Å². The molecule has 0 atom stereocenters. The zero-order valence-electron chi connectivity index (χ0n) is 13.6. The van der Waals surface area contributed by atoms with E-state index in [0.29, 0.717) is 11.1 Å². The molecule has 0 radical (unpaired) electrons. The van der Waals surface area contributed by atoms with Crippen molar-refractivity contribution in [1.82, 2.24) is 10.3 Å². The molecule has 3 nitrogen and oxygen atoms in total. The Morgan fingerprint density at radius 3 is 2.60 bits per heavy atom. The molecule has 0 unspecified atom stereocenters. The number of hydrogen-bond acceptors (Lipinski definition) is 5. The fourth-order valence-electron chi connectivity index (χ4n) is 2.75. The molecule has 4 rings (SSSR count). The van der Waals surface area contributed by atoms with Crippen molar-refractivity contribution in [2.75, 3.05) is 18.1 Å². The van der Waals surface area contributed by atoms with E-state index in [4.69, 9.17) is 0 Å². The molecule has 2 aromatic carbocycles. The fraction of sp³-hybridized carbons (Fsp3) is 0.263. The van der Waals surface area contributed by atoms with E-state index in [0.717, 1.165) is 22.5 Å². The third-order valence-electron chi connectivity index (χ3n) is 4.03. The van der Waals surface area contributed by atoms with Crippen molar-refractivity contribution in [2.24, 2.45) is 0 Å². The number of rotatable bonds is 5. The van der Waals surface area contributed by atoms with Gasteiger partial charge in [-0.25, -0.2) is 4.98 Å². The normalized spacial score (nSPS) is 14.9. The summed E-state index contributed by atoms with van der Waals surface area (Å²) in [6.45, 7) is 0.606. The van der Waals surface area contributed by atoms with Crippen LogP contribution in [0.25, 0.3) is 10.2 Å². The van der Waals surface area contributed by atoms with Gasteiger partial charge in [0.15, 0.2) is 0 Å². The van der Waals surface area contributed by atoms with Crippen LogP contribution in [0, 0.1) is 0 Å². The quantitative estimate of drug-likeness (QED) is 0.687. The summed E-state index contributed by atoms with van der Waals surface area (Å²) in [6.07, 6.45) is 0.762. The molecule has 1 aliphatic heterocycles. The Bertz CT molecular complexity index is 837. The lowest BCUT2D eigenvalue weighted by Gasteiger charge is -2.09. The van der Waals surface area contributed by atoms with E-state index < -0.39 is 0 Å². The van der Waals surface area contributed by atoms with Gasteiger partial charge in [-0.1, -0.05) is 24.3 Å². The highest BCUT2D eigenvalue weighted by Gasteiger charge is 2.18. The number of thioether (sulfide) groups is 2. The first kappa shape index (κ1) is 16.9. The van der Waals surface area contributed by atoms with Crippen molar-refractivity contribution < 1.29 is 4.79 Å². The van der Waals surface area contributed by atoms with Crippen LogP contribution in [0.2, 0.25) is 0 Å². The monoisotopic (exact) mass is 386 g/mol. The summed E-state index contributed by atoms with van der Waals surface area (Å²) in [5.74, 6) is 2.41. The summed E-state index contributed by atoms with van der Waals surface area (Å²) in [6, 6.07) is 16.2. The van der Waals surface area contributed by atoms with Gasteiger partial charge < -0.3 is 5.32 Å². The summed E-state index contributed by atoms with van der Waals surface area (Å²) in [5, 5.41) is 4.06. The summed E-state index contributed by atoms with van der Waals surface area (Å²) in [4.78, 5) is 16.9. The number of amides is 1. The van der Waals surface area contributed by atoms with E-state index >= 15 is 0 Å². The average Bonchev–Trinajstić information content (AvgIpc) is 3.31. The molecule has 0 aliphatic carbocycles. The van der Waals surface area contributed by atoms with Crippen LogP contribution in [0.4, 0.5) is 0 Å². The number of hydrogen-bond donors (Lipinski definition) is 1. The topological polar surface area (TPSA) is 42.0 Å². The van der Waals surface area contributed by atoms with E-state index in [1.807, 2.05) is 53.9 Å². The number of aromatic nitrogens is 1. The molecular weight excluding hydrogens is 368 g/mol. The Morgan fingerprint density at radius 1 is 1.08 bits per heavy atom. The molecule has 25 heavy (non-hydrogen) atoms. The van der Waals surface area contributed by atoms with Crippen LogP contribution < -0.4 is 5.32 Å². The Hall–Kier alpha value is -1.50. The predicted molar refractivity (Wildman–Crippen MR) is 110 cm³/mol. The molecule has 1 saturated heterocycles. The molecule has 6 heteroatoms. The van der Waals surface area contributed by atoms with Gasteiger partial charge in [0.1, 0.15) is 0 Å². The summed E-state index contributed by atoms with van der Waals surface area (Å²) in [7, 11) is 0. The van der Waals surface area contributed by atoms with Gasteiger partial charge in [-0.3, -0.25) is 4.79 Å². The third-order valence-corrected chi connectivity index (χ3v) is 8.23. The number of benzene rings is 2. The maximum atomic E-state index is 12.3. The number of thiazole rings is 1. The van der Waals surface area contributed by atoms with E-state index in [1.165, 1.54) is 21.8 Å². The lowest BCUT2D eigenvalue weighted by molar-refractivity contribution is 0.0954.